The lowest BCUT2D eigenvalue weighted by atomic mass is 10.2. The van der Waals surface area contributed by atoms with Gasteiger partial charge in [0.25, 0.3) is 5.91 Å². The predicted octanol–water partition coefficient (Wildman–Crippen LogP) is 2.36. The van der Waals surface area contributed by atoms with Gasteiger partial charge in [-0.05, 0) is 18.2 Å². The molecule has 1 N–H and O–H groups in total. The summed E-state index contributed by atoms with van der Waals surface area (Å²) in [5.74, 6) is -0.352. The summed E-state index contributed by atoms with van der Waals surface area (Å²) < 4.78 is 0.778. The highest BCUT2D eigenvalue weighted by Crippen LogP contribution is 2.20. The summed E-state index contributed by atoms with van der Waals surface area (Å²) in [5.41, 5.74) is 1.17. The third-order valence-electron chi connectivity index (χ3n) is 2.17. The van der Waals surface area contributed by atoms with E-state index < -0.39 is 0 Å². The van der Waals surface area contributed by atoms with Crippen LogP contribution in [0.15, 0.2) is 41.4 Å². The Hall–Kier alpha value is -2.26. The lowest BCUT2D eigenvalue weighted by Crippen LogP contribution is -2.13. The molecule has 0 unspecified atom stereocenters. The van der Waals surface area contributed by atoms with Crippen LogP contribution in [0.5, 0.6) is 0 Å². The Kier molecular flexibility index (Phi) is 3.65. The quantitative estimate of drug-likeness (QED) is 0.923. The van der Waals surface area contributed by atoms with Gasteiger partial charge in [0.2, 0.25) is 0 Å². The van der Waals surface area contributed by atoms with E-state index in [0.717, 1.165) is 4.47 Å². The smallest absolute Gasteiger partial charge is 0.258 e. The Bertz CT molecular complexity index is 622. The molecule has 0 saturated carbocycles. The standard InChI is InChI=1S/C12H7BrN4O/c13-10-1-2-11(8(3-10)4-14)17-12(18)9-5-15-7-16-6-9/h1-3,5-7H,(H,17,18). The second kappa shape index (κ2) is 5.38. The molecule has 0 aliphatic rings. The van der Waals surface area contributed by atoms with E-state index in [1.54, 1.807) is 18.2 Å². The van der Waals surface area contributed by atoms with Crippen molar-refractivity contribution in [1.82, 2.24) is 9.97 Å². The van der Waals surface area contributed by atoms with Crippen LogP contribution in [0.2, 0.25) is 0 Å². The molecule has 0 aliphatic heterocycles. The van der Waals surface area contributed by atoms with Gasteiger partial charge in [-0.3, -0.25) is 4.79 Å². The molecule has 0 atom stereocenters. The summed E-state index contributed by atoms with van der Waals surface area (Å²) in [6.45, 7) is 0. The normalized spacial score (nSPS) is 9.56. The van der Waals surface area contributed by atoms with Crippen molar-refractivity contribution in [2.24, 2.45) is 0 Å². The minimum Gasteiger partial charge on any atom is -0.321 e. The van der Waals surface area contributed by atoms with Crippen molar-refractivity contribution in [2.45, 2.75) is 0 Å². The third kappa shape index (κ3) is 2.70. The van der Waals surface area contributed by atoms with Gasteiger partial charge in [-0.1, -0.05) is 15.9 Å². The van der Waals surface area contributed by atoms with Crippen LogP contribution in [0.25, 0.3) is 0 Å². The van der Waals surface area contributed by atoms with Crippen LogP contribution in [0.4, 0.5) is 5.69 Å². The lowest BCUT2D eigenvalue weighted by molar-refractivity contribution is 0.102. The van der Waals surface area contributed by atoms with Crippen LogP contribution < -0.4 is 5.32 Å². The Labute approximate surface area is 112 Å². The van der Waals surface area contributed by atoms with Gasteiger partial charge in [-0.2, -0.15) is 5.26 Å². The topological polar surface area (TPSA) is 78.7 Å². The zero-order valence-corrected chi connectivity index (χ0v) is 10.7. The largest absolute Gasteiger partial charge is 0.321 e. The SMILES string of the molecule is N#Cc1cc(Br)ccc1NC(=O)c1cncnc1. The molecule has 88 valence electrons. The predicted molar refractivity (Wildman–Crippen MR) is 68.8 cm³/mol. The number of halogens is 1. The molecule has 6 heteroatoms. The van der Waals surface area contributed by atoms with Crippen LogP contribution in [-0.2, 0) is 0 Å². The molecule has 1 amide bonds. The number of carbonyl (C=O) groups excluding carboxylic acids is 1. The molecule has 0 fully saturated rings. The van der Waals surface area contributed by atoms with E-state index in [2.05, 4.69) is 31.2 Å². The van der Waals surface area contributed by atoms with E-state index >= 15 is 0 Å². The van der Waals surface area contributed by atoms with Gasteiger partial charge in [0.05, 0.1) is 16.8 Å². The van der Waals surface area contributed by atoms with E-state index in [-0.39, 0.29) is 5.91 Å². The van der Waals surface area contributed by atoms with Crippen molar-refractivity contribution in [3.63, 3.8) is 0 Å². The molecular weight excluding hydrogens is 296 g/mol. The highest BCUT2D eigenvalue weighted by atomic mass is 79.9. The summed E-state index contributed by atoms with van der Waals surface area (Å²) in [6.07, 6.45) is 4.16. The molecule has 0 bridgehead atoms. The zero-order valence-electron chi connectivity index (χ0n) is 9.09. The first-order chi connectivity index (χ1) is 8.70. The maximum Gasteiger partial charge on any atom is 0.258 e. The van der Waals surface area contributed by atoms with Gasteiger partial charge >= 0.3 is 0 Å². The maximum absolute atomic E-state index is 11.9. The van der Waals surface area contributed by atoms with Crippen LogP contribution >= 0.6 is 15.9 Å². The van der Waals surface area contributed by atoms with E-state index in [1.807, 2.05) is 6.07 Å². The fourth-order valence-corrected chi connectivity index (χ4v) is 1.69. The first-order valence-corrected chi connectivity index (χ1v) is 5.76. The van der Waals surface area contributed by atoms with Crippen LogP contribution in [0.3, 0.4) is 0 Å². The number of carbonyl (C=O) groups is 1. The van der Waals surface area contributed by atoms with Crippen molar-refractivity contribution >= 4 is 27.5 Å². The number of anilines is 1. The number of nitriles is 1. The number of hydrogen-bond donors (Lipinski definition) is 1. The summed E-state index contributed by atoms with van der Waals surface area (Å²) in [5, 5.41) is 11.6. The number of nitrogens with zero attached hydrogens (tertiary/aromatic N) is 3. The molecule has 0 spiro atoms. The van der Waals surface area contributed by atoms with Crippen molar-refractivity contribution in [3.05, 3.63) is 52.5 Å². The summed E-state index contributed by atoms with van der Waals surface area (Å²) >= 11 is 3.26. The van der Waals surface area contributed by atoms with Gasteiger partial charge in [0, 0.05) is 16.9 Å². The van der Waals surface area contributed by atoms with Crippen molar-refractivity contribution in [2.75, 3.05) is 5.32 Å². The summed E-state index contributed by atoms with van der Waals surface area (Å²) in [4.78, 5) is 19.4. The Morgan fingerprint density at radius 3 is 2.72 bits per heavy atom. The van der Waals surface area contributed by atoms with Crippen LogP contribution in [0.1, 0.15) is 15.9 Å². The van der Waals surface area contributed by atoms with Gasteiger partial charge in [0.15, 0.2) is 0 Å². The van der Waals surface area contributed by atoms with Gasteiger partial charge in [-0.15, -0.1) is 0 Å². The van der Waals surface area contributed by atoms with Crippen LogP contribution in [0, 0.1) is 11.3 Å². The van der Waals surface area contributed by atoms with E-state index in [1.165, 1.54) is 18.7 Å². The average Bonchev–Trinajstić information content (AvgIpc) is 2.41. The molecule has 5 nitrogen and oxygen atoms in total. The number of rotatable bonds is 2. The lowest BCUT2D eigenvalue weighted by Gasteiger charge is -2.06. The number of aromatic nitrogens is 2. The zero-order chi connectivity index (χ0) is 13.0. The molecule has 1 aromatic carbocycles. The fourth-order valence-electron chi connectivity index (χ4n) is 1.33. The molecule has 18 heavy (non-hydrogen) atoms. The second-order valence-electron chi connectivity index (χ2n) is 3.38. The molecule has 1 heterocycles. The Balaban J connectivity index is 2.25. The first-order valence-electron chi connectivity index (χ1n) is 4.96. The second-order valence-corrected chi connectivity index (χ2v) is 4.30. The van der Waals surface area contributed by atoms with Gasteiger partial charge < -0.3 is 5.32 Å². The molecule has 0 aliphatic carbocycles. The minimum atomic E-state index is -0.352. The number of amides is 1. The highest BCUT2D eigenvalue weighted by molar-refractivity contribution is 9.10. The minimum absolute atomic E-state index is 0.337. The van der Waals surface area contributed by atoms with Gasteiger partial charge in [-0.25, -0.2) is 9.97 Å². The highest BCUT2D eigenvalue weighted by Gasteiger charge is 2.09. The van der Waals surface area contributed by atoms with E-state index in [4.69, 9.17) is 5.26 Å². The van der Waals surface area contributed by atoms with Crippen molar-refractivity contribution in [1.29, 1.82) is 5.26 Å². The molecular formula is C12H7BrN4O. The van der Waals surface area contributed by atoms with Gasteiger partial charge in [0.1, 0.15) is 12.4 Å². The molecule has 0 radical (unpaired) electrons. The fraction of sp³-hybridized carbons (Fsp3) is 0. The molecule has 2 rings (SSSR count). The average molecular weight is 303 g/mol. The van der Waals surface area contributed by atoms with Crippen molar-refractivity contribution < 1.29 is 4.79 Å². The number of benzene rings is 1. The monoisotopic (exact) mass is 302 g/mol. The summed E-state index contributed by atoms with van der Waals surface area (Å²) in [7, 11) is 0. The molecule has 1 aromatic heterocycles. The Morgan fingerprint density at radius 2 is 2.06 bits per heavy atom. The number of nitrogens with one attached hydrogen (secondary N) is 1. The molecule has 2 aromatic rings. The number of hydrogen-bond acceptors (Lipinski definition) is 4. The summed E-state index contributed by atoms with van der Waals surface area (Å²) in [6, 6.07) is 7.06. The van der Waals surface area contributed by atoms with Crippen LogP contribution in [-0.4, -0.2) is 15.9 Å². The van der Waals surface area contributed by atoms with E-state index in [9.17, 15) is 4.79 Å². The van der Waals surface area contributed by atoms with Crippen molar-refractivity contribution in [3.8, 4) is 6.07 Å². The first kappa shape index (κ1) is 12.2. The Morgan fingerprint density at radius 1 is 1.33 bits per heavy atom. The van der Waals surface area contributed by atoms with E-state index in [0.29, 0.717) is 16.8 Å². The molecule has 0 saturated heterocycles. The third-order valence-corrected chi connectivity index (χ3v) is 2.67. The maximum atomic E-state index is 11.9.